The number of aromatic amines is 1. The smallest absolute Gasteiger partial charge is 0.235 e. The van der Waals surface area contributed by atoms with Gasteiger partial charge in [-0.15, -0.1) is 0 Å². The Bertz CT molecular complexity index is 1510. The lowest BCUT2D eigenvalue weighted by Gasteiger charge is -2.52. The summed E-state index contributed by atoms with van der Waals surface area (Å²) in [5.74, 6) is -10.8. The molecule has 13 nitrogen and oxygen atoms in total. The van der Waals surface area contributed by atoms with Crippen molar-refractivity contribution >= 4 is 34.7 Å². The number of hydrogen-bond donors (Lipinski definition) is 5. The van der Waals surface area contributed by atoms with Crippen molar-refractivity contribution in [1.29, 1.82) is 0 Å². The molecule has 2 unspecified atom stereocenters. The van der Waals surface area contributed by atoms with E-state index < -0.39 is 64.4 Å². The zero-order valence-electron chi connectivity index (χ0n) is 24.1. The van der Waals surface area contributed by atoms with E-state index in [2.05, 4.69) is 10.5 Å². The van der Waals surface area contributed by atoms with Gasteiger partial charge in [0.2, 0.25) is 5.91 Å². The molecular formula is C29H35N5O8. The number of ketones is 4. The maximum Gasteiger partial charge on any atom is 0.235 e. The van der Waals surface area contributed by atoms with E-state index in [1.54, 1.807) is 51.3 Å². The highest BCUT2D eigenvalue weighted by molar-refractivity contribution is 6.32. The first-order chi connectivity index (χ1) is 19.7. The summed E-state index contributed by atoms with van der Waals surface area (Å²) >= 11 is 0. The molecule has 224 valence electrons. The van der Waals surface area contributed by atoms with E-state index in [-0.39, 0.29) is 24.2 Å². The number of hydrogen-bond acceptors (Lipinski definition) is 11. The number of Topliss-reactive ketones (excluding diaryl/α,β-unsaturated/α-hetero) is 4. The average molecular weight is 582 g/mol. The predicted molar refractivity (Wildman–Crippen MR) is 149 cm³/mol. The lowest BCUT2D eigenvalue weighted by Crippen LogP contribution is -2.74. The van der Waals surface area contributed by atoms with Gasteiger partial charge in [0.1, 0.15) is 5.75 Å². The van der Waals surface area contributed by atoms with Crippen LogP contribution in [0.25, 0.3) is 11.3 Å². The van der Waals surface area contributed by atoms with Gasteiger partial charge in [0, 0.05) is 42.7 Å². The van der Waals surface area contributed by atoms with E-state index in [4.69, 9.17) is 10.6 Å². The number of primary amides is 1. The van der Waals surface area contributed by atoms with Crippen LogP contribution in [0.5, 0.6) is 5.75 Å². The van der Waals surface area contributed by atoms with Gasteiger partial charge in [0.25, 0.3) is 0 Å². The highest BCUT2D eigenvalue weighted by Crippen LogP contribution is 2.53. The SMILES string of the molecule is CONCc1ccc(-c2cc(N(C)C)c3c(c2O)C(=O)C2C(=O)[C@]4(O)C(=O)C(C(N)=O)C(=O)[C@@H](N(C)C)[C@@H]4C[C@@H]2C3)[nH]1. The van der Waals surface area contributed by atoms with Crippen LogP contribution in [0.2, 0.25) is 0 Å². The predicted octanol–water partition coefficient (Wildman–Crippen LogP) is -0.421. The number of phenolic OH excluding ortho intramolecular Hbond substituents is 1. The van der Waals surface area contributed by atoms with Crippen molar-refractivity contribution < 1.29 is 39.0 Å². The number of phenols is 1. The second-order valence-corrected chi connectivity index (χ2v) is 11.8. The number of likely N-dealkylation sites (N-methyl/N-ethyl adjacent to an activating group) is 1. The number of carbonyl (C=O) groups is 5. The van der Waals surface area contributed by atoms with Crippen LogP contribution in [0, 0.1) is 23.7 Å². The van der Waals surface area contributed by atoms with Crippen LogP contribution in [0.3, 0.4) is 0 Å². The normalized spacial score (nSPS) is 28.9. The maximum absolute atomic E-state index is 14.2. The standard InChI is InChI=1S/C29H35N5O8/c1-33(2)18-10-14(17-7-6-13(32-17)11-31-42-5)23(35)20-15(18)8-12-9-16-22(34(3)4)25(37)21(28(30)40)27(39)29(16,41)26(38)19(12)24(20)36/h6-7,10,12,16,19,21-22,31-32,35,41H,8-9,11H2,1-5H3,(H2,30,40)/t12-,16-,19?,21?,22-,29-/m0/s1. The Labute approximate surface area is 241 Å². The minimum atomic E-state index is -2.77. The summed E-state index contributed by atoms with van der Waals surface area (Å²) < 4.78 is 0. The van der Waals surface area contributed by atoms with Crippen molar-refractivity contribution in [1.82, 2.24) is 15.4 Å². The summed E-state index contributed by atoms with van der Waals surface area (Å²) in [6, 6.07) is 4.15. The first-order valence-electron chi connectivity index (χ1n) is 13.6. The Kier molecular flexibility index (Phi) is 7.34. The molecule has 13 heteroatoms. The van der Waals surface area contributed by atoms with Crippen molar-refractivity contribution in [3.8, 4) is 17.0 Å². The summed E-state index contributed by atoms with van der Waals surface area (Å²) in [5, 5.41) is 23.3. The van der Waals surface area contributed by atoms with Crippen LogP contribution in [-0.4, -0.2) is 96.1 Å². The Morgan fingerprint density at radius 2 is 1.86 bits per heavy atom. The number of H-pyrrole nitrogens is 1. The first kappa shape index (κ1) is 29.6. The quantitative estimate of drug-likeness (QED) is 0.210. The molecule has 3 aliphatic carbocycles. The Morgan fingerprint density at radius 3 is 2.45 bits per heavy atom. The number of aromatic hydroxyl groups is 1. The third kappa shape index (κ3) is 4.18. The molecule has 2 fully saturated rings. The molecule has 6 atom stereocenters. The molecule has 3 aliphatic rings. The number of nitrogens with two attached hydrogens (primary N) is 1. The lowest BCUT2D eigenvalue weighted by atomic mass is 9.52. The number of nitrogens with zero attached hydrogens (tertiary/aromatic N) is 2. The number of amides is 1. The Hall–Kier alpha value is -3.91. The average Bonchev–Trinajstić information content (AvgIpc) is 3.37. The summed E-state index contributed by atoms with van der Waals surface area (Å²) in [4.78, 5) is 78.5. The Balaban J connectivity index is 1.64. The van der Waals surface area contributed by atoms with Crippen molar-refractivity contribution in [2.24, 2.45) is 29.4 Å². The number of carbonyl (C=O) groups excluding carboxylic acids is 5. The fourth-order valence-corrected chi connectivity index (χ4v) is 7.11. The monoisotopic (exact) mass is 581 g/mol. The number of anilines is 1. The summed E-state index contributed by atoms with van der Waals surface area (Å²) in [6.45, 7) is 0.358. The lowest BCUT2D eigenvalue weighted by molar-refractivity contribution is -0.181. The van der Waals surface area contributed by atoms with Crippen LogP contribution >= 0.6 is 0 Å². The second kappa shape index (κ2) is 10.4. The third-order valence-corrected chi connectivity index (χ3v) is 8.96. The Morgan fingerprint density at radius 1 is 1.17 bits per heavy atom. The van der Waals surface area contributed by atoms with Gasteiger partial charge in [-0.3, -0.25) is 28.9 Å². The van der Waals surface area contributed by atoms with Crippen LogP contribution in [0.1, 0.15) is 28.0 Å². The van der Waals surface area contributed by atoms with E-state index in [0.29, 0.717) is 29.1 Å². The van der Waals surface area contributed by atoms with E-state index >= 15 is 0 Å². The molecule has 0 spiro atoms. The topological polar surface area (TPSA) is 195 Å². The molecule has 42 heavy (non-hydrogen) atoms. The van der Waals surface area contributed by atoms with Gasteiger partial charge in [0.05, 0.1) is 31.2 Å². The van der Waals surface area contributed by atoms with Gasteiger partial charge in [-0.2, -0.15) is 5.48 Å². The maximum atomic E-state index is 14.2. The van der Waals surface area contributed by atoms with Gasteiger partial charge >= 0.3 is 0 Å². The first-order valence-corrected chi connectivity index (χ1v) is 13.6. The minimum Gasteiger partial charge on any atom is -0.506 e. The molecule has 1 aromatic heterocycles. The van der Waals surface area contributed by atoms with Gasteiger partial charge in [0.15, 0.2) is 34.7 Å². The highest BCUT2D eigenvalue weighted by atomic mass is 16.6. The minimum absolute atomic E-state index is 0.00817. The number of aromatic nitrogens is 1. The third-order valence-electron chi connectivity index (χ3n) is 8.96. The van der Waals surface area contributed by atoms with Gasteiger partial charge < -0.3 is 30.7 Å². The molecule has 0 aliphatic heterocycles. The second-order valence-electron chi connectivity index (χ2n) is 11.8. The summed E-state index contributed by atoms with van der Waals surface area (Å²) in [7, 11) is 8.18. The molecule has 0 radical (unpaired) electrons. The largest absolute Gasteiger partial charge is 0.506 e. The molecule has 0 bridgehead atoms. The van der Waals surface area contributed by atoms with Crippen LogP contribution in [0.4, 0.5) is 5.69 Å². The molecule has 0 saturated heterocycles. The van der Waals surface area contributed by atoms with Gasteiger partial charge in [-0.25, -0.2) is 0 Å². The van der Waals surface area contributed by atoms with E-state index in [1.165, 1.54) is 12.0 Å². The van der Waals surface area contributed by atoms with Crippen molar-refractivity contribution in [2.45, 2.75) is 31.0 Å². The highest BCUT2D eigenvalue weighted by Gasteiger charge is 2.69. The molecule has 5 rings (SSSR count). The van der Waals surface area contributed by atoms with E-state index in [0.717, 1.165) is 5.69 Å². The zero-order valence-corrected chi connectivity index (χ0v) is 24.1. The number of hydroxylamine groups is 1. The molecule has 6 N–H and O–H groups in total. The molecule has 2 aromatic rings. The van der Waals surface area contributed by atoms with Gasteiger partial charge in [-0.05, 0) is 56.6 Å². The number of aliphatic hydroxyl groups is 1. The number of benzene rings is 1. The van der Waals surface area contributed by atoms with Crippen LogP contribution in [-0.2, 0) is 37.0 Å². The fourth-order valence-electron chi connectivity index (χ4n) is 7.11. The van der Waals surface area contributed by atoms with E-state index in [9.17, 15) is 34.2 Å². The number of fused-ring (bicyclic) bond motifs is 3. The van der Waals surface area contributed by atoms with Crippen LogP contribution < -0.4 is 16.1 Å². The summed E-state index contributed by atoms with van der Waals surface area (Å²) in [5.41, 5.74) is 8.06. The van der Waals surface area contributed by atoms with Crippen molar-refractivity contribution in [2.75, 3.05) is 40.2 Å². The number of rotatable bonds is 7. The van der Waals surface area contributed by atoms with Crippen molar-refractivity contribution in [3.63, 3.8) is 0 Å². The van der Waals surface area contributed by atoms with E-state index in [1.807, 2.05) is 0 Å². The molecule has 1 aromatic carbocycles. The fraction of sp³-hybridized carbons (Fsp3) is 0.483. The van der Waals surface area contributed by atoms with Crippen molar-refractivity contribution in [3.05, 3.63) is 35.0 Å². The molecule has 2 saturated carbocycles. The van der Waals surface area contributed by atoms with Crippen LogP contribution in [0.15, 0.2) is 18.2 Å². The molecule has 1 amide bonds. The summed E-state index contributed by atoms with van der Waals surface area (Å²) in [6.07, 6.45) is 0.173. The molecule has 1 heterocycles. The molecular weight excluding hydrogens is 546 g/mol. The van der Waals surface area contributed by atoms with Gasteiger partial charge in [-0.1, -0.05) is 0 Å². The zero-order chi connectivity index (χ0) is 30.8. The number of nitrogens with one attached hydrogen (secondary N) is 2.